The van der Waals surface area contributed by atoms with Gasteiger partial charge in [-0.05, 0) is 35.9 Å². The van der Waals surface area contributed by atoms with Crippen LogP contribution in [0.5, 0.6) is 5.75 Å². The van der Waals surface area contributed by atoms with Gasteiger partial charge in [-0.1, -0.05) is 42.5 Å². The number of carbonyl (C=O) groups is 1. The highest BCUT2D eigenvalue weighted by Crippen LogP contribution is 2.26. The summed E-state index contributed by atoms with van der Waals surface area (Å²) in [5, 5.41) is 0. The van der Waals surface area contributed by atoms with Crippen LogP contribution in [0.15, 0.2) is 72.9 Å². The van der Waals surface area contributed by atoms with E-state index in [0.717, 1.165) is 17.0 Å². The number of benzene rings is 2. The number of rotatable bonds is 4. The van der Waals surface area contributed by atoms with E-state index in [1.165, 1.54) is 0 Å². The average molecular weight is 305 g/mol. The van der Waals surface area contributed by atoms with E-state index in [1.54, 1.807) is 13.2 Å². The van der Waals surface area contributed by atoms with Gasteiger partial charge in [-0.2, -0.15) is 0 Å². The van der Waals surface area contributed by atoms with Gasteiger partial charge in [0, 0.05) is 18.3 Å². The molecule has 2 aromatic rings. The van der Waals surface area contributed by atoms with Crippen LogP contribution in [0.25, 0.3) is 6.08 Å². The van der Waals surface area contributed by atoms with Gasteiger partial charge in [0.05, 0.1) is 13.2 Å². The normalized spacial score (nSPS) is 17.7. The van der Waals surface area contributed by atoms with Crippen LogP contribution in [0.2, 0.25) is 0 Å². The van der Waals surface area contributed by atoms with Gasteiger partial charge >= 0.3 is 0 Å². The highest BCUT2D eigenvalue weighted by Gasteiger charge is 2.21. The van der Waals surface area contributed by atoms with Crippen molar-refractivity contribution in [3.05, 3.63) is 78.5 Å². The molecule has 0 aromatic heterocycles. The number of ketones is 1. The lowest BCUT2D eigenvalue weighted by molar-refractivity contribution is -0.115. The van der Waals surface area contributed by atoms with Crippen LogP contribution in [-0.4, -0.2) is 18.9 Å². The number of nitrogens with zero attached hydrogens (tertiary/aromatic N) is 1. The molecule has 0 N–H and O–H groups in total. The smallest absolute Gasteiger partial charge is 0.159 e. The molecule has 3 heteroatoms. The van der Waals surface area contributed by atoms with Crippen molar-refractivity contribution in [3.8, 4) is 5.75 Å². The Morgan fingerprint density at radius 2 is 1.83 bits per heavy atom. The summed E-state index contributed by atoms with van der Waals surface area (Å²) in [6.45, 7) is 0. The first-order valence-corrected chi connectivity index (χ1v) is 7.63. The second-order valence-corrected chi connectivity index (χ2v) is 5.43. The van der Waals surface area contributed by atoms with E-state index < -0.39 is 0 Å². The molecule has 0 spiro atoms. The van der Waals surface area contributed by atoms with Gasteiger partial charge in [0.2, 0.25) is 0 Å². The second kappa shape index (κ2) is 6.97. The fourth-order valence-electron chi connectivity index (χ4n) is 2.63. The van der Waals surface area contributed by atoms with Gasteiger partial charge in [-0.3, -0.25) is 4.79 Å². The summed E-state index contributed by atoms with van der Waals surface area (Å²) in [4.78, 5) is 13.9. The molecule has 0 aliphatic carbocycles. The molecule has 0 amide bonds. The standard InChI is InChI=1S/C20H19NO2/c1-23-20-11-9-17(10-12-20)21-14-13-19(22)15-18(21)8-7-16-5-3-2-4-6-16/h2-14,18H,15H2,1H3/b8-7+. The van der Waals surface area contributed by atoms with E-state index in [2.05, 4.69) is 29.2 Å². The van der Waals surface area contributed by atoms with Crippen LogP contribution in [0.4, 0.5) is 5.69 Å². The highest BCUT2D eigenvalue weighted by atomic mass is 16.5. The fraction of sp³-hybridized carbons (Fsp3) is 0.150. The number of hydrogen-bond acceptors (Lipinski definition) is 3. The molecule has 1 unspecified atom stereocenters. The number of methoxy groups -OCH3 is 1. The molecular formula is C20H19NO2. The maximum atomic E-state index is 11.8. The third kappa shape index (κ3) is 3.69. The van der Waals surface area contributed by atoms with E-state index in [-0.39, 0.29) is 11.8 Å². The molecule has 1 aliphatic heterocycles. The van der Waals surface area contributed by atoms with E-state index >= 15 is 0 Å². The topological polar surface area (TPSA) is 29.5 Å². The Morgan fingerprint density at radius 3 is 2.52 bits per heavy atom. The number of anilines is 1. The SMILES string of the molecule is COc1ccc(N2C=CC(=O)CC2/C=C/c2ccccc2)cc1. The molecular weight excluding hydrogens is 286 g/mol. The summed E-state index contributed by atoms with van der Waals surface area (Å²) in [5.41, 5.74) is 2.17. The Morgan fingerprint density at radius 1 is 1.09 bits per heavy atom. The third-order valence-corrected chi connectivity index (χ3v) is 3.87. The predicted molar refractivity (Wildman–Crippen MR) is 93.5 cm³/mol. The summed E-state index contributed by atoms with van der Waals surface area (Å²) in [6.07, 6.45) is 8.12. The van der Waals surface area contributed by atoms with Gasteiger partial charge < -0.3 is 9.64 Å². The van der Waals surface area contributed by atoms with Crippen molar-refractivity contribution in [2.24, 2.45) is 0 Å². The lowest BCUT2D eigenvalue weighted by Crippen LogP contribution is -2.34. The summed E-state index contributed by atoms with van der Waals surface area (Å²) < 4.78 is 5.20. The minimum atomic E-state index is 0.0149. The molecule has 1 atom stereocenters. The molecule has 1 heterocycles. The van der Waals surface area contributed by atoms with Crippen molar-refractivity contribution in [3.63, 3.8) is 0 Å². The second-order valence-electron chi connectivity index (χ2n) is 5.43. The van der Waals surface area contributed by atoms with Gasteiger partial charge in [0.25, 0.3) is 0 Å². The first-order valence-electron chi connectivity index (χ1n) is 7.63. The lowest BCUT2D eigenvalue weighted by atomic mass is 10.0. The molecule has 0 saturated carbocycles. The van der Waals surface area contributed by atoms with Gasteiger partial charge in [-0.15, -0.1) is 0 Å². The molecule has 0 saturated heterocycles. The Hall–Kier alpha value is -2.81. The quantitative estimate of drug-likeness (QED) is 0.853. The molecule has 0 bridgehead atoms. The first-order chi connectivity index (χ1) is 11.3. The van der Waals surface area contributed by atoms with Crippen molar-refractivity contribution in [1.29, 1.82) is 0 Å². The molecule has 3 nitrogen and oxygen atoms in total. The Kier molecular flexibility index (Phi) is 4.57. The average Bonchev–Trinajstić information content (AvgIpc) is 2.61. The number of allylic oxidation sites excluding steroid dienone is 1. The minimum Gasteiger partial charge on any atom is -0.497 e. The van der Waals surface area contributed by atoms with Crippen LogP contribution in [0.1, 0.15) is 12.0 Å². The van der Waals surface area contributed by atoms with Crippen LogP contribution < -0.4 is 9.64 Å². The highest BCUT2D eigenvalue weighted by molar-refractivity contribution is 5.92. The predicted octanol–water partition coefficient (Wildman–Crippen LogP) is 4.07. The molecule has 116 valence electrons. The summed E-state index contributed by atoms with van der Waals surface area (Å²) in [7, 11) is 1.65. The number of hydrogen-bond donors (Lipinski definition) is 0. The first kappa shape index (κ1) is 15.1. The van der Waals surface area contributed by atoms with Gasteiger partial charge in [0.15, 0.2) is 5.78 Å². The Bertz CT molecular complexity index is 717. The summed E-state index contributed by atoms with van der Waals surface area (Å²) in [6, 6.07) is 18.0. The number of carbonyl (C=O) groups excluding carboxylic acids is 1. The van der Waals surface area contributed by atoms with Crippen molar-refractivity contribution >= 4 is 17.5 Å². The zero-order valence-electron chi connectivity index (χ0n) is 13.1. The molecule has 1 aliphatic rings. The fourth-order valence-corrected chi connectivity index (χ4v) is 2.63. The molecule has 23 heavy (non-hydrogen) atoms. The molecule has 2 aromatic carbocycles. The third-order valence-electron chi connectivity index (χ3n) is 3.87. The van der Waals surface area contributed by atoms with E-state index in [0.29, 0.717) is 6.42 Å². The van der Waals surface area contributed by atoms with E-state index in [4.69, 9.17) is 4.74 Å². The van der Waals surface area contributed by atoms with Crippen molar-refractivity contribution in [2.75, 3.05) is 12.0 Å². The zero-order chi connectivity index (χ0) is 16.1. The summed E-state index contributed by atoms with van der Waals surface area (Å²) >= 11 is 0. The number of ether oxygens (including phenoxy) is 1. The van der Waals surface area contributed by atoms with E-state index in [1.807, 2.05) is 48.7 Å². The maximum Gasteiger partial charge on any atom is 0.159 e. The van der Waals surface area contributed by atoms with E-state index in [9.17, 15) is 4.79 Å². The van der Waals surface area contributed by atoms with Crippen molar-refractivity contribution < 1.29 is 9.53 Å². The van der Waals surface area contributed by atoms with Crippen molar-refractivity contribution in [1.82, 2.24) is 0 Å². The monoisotopic (exact) mass is 305 g/mol. The van der Waals surface area contributed by atoms with Gasteiger partial charge in [-0.25, -0.2) is 0 Å². The molecule has 0 radical (unpaired) electrons. The minimum absolute atomic E-state index is 0.0149. The maximum absolute atomic E-state index is 11.8. The molecule has 3 rings (SSSR count). The summed E-state index contributed by atoms with van der Waals surface area (Å²) in [5.74, 6) is 0.972. The van der Waals surface area contributed by atoms with Crippen LogP contribution >= 0.6 is 0 Å². The lowest BCUT2D eigenvalue weighted by Gasteiger charge is -2.31. The largest absolute Gasteiger partial charge is 0.497 e. The Balaban J connectivity index is 1.85. The molecule has 0 fully saturated rings. The Labute approximate surface area is 136 Å². The van der Waals surface area contributed by atoms with Crippen LogP contribution in [0.3, 0.4) is 0 Å². The van der Waals surface area contributed by atoms with Crippen LogP contribution in [-0.2, 0) is 4.79 Å². The van der Waals surface area contributed by atoms with Crippen LogP contribution in [0, 0.1) is 0 Å². The van der Waals surface area contributed by atoms with Gasteiger partial charge in [0.1, 0.15) is 5.75 Å². The zero-order valence-corrected chi connectivity index (χ0v) is 13.1. The van der Waals surface area contributed by atoms with Crippen molar-refractivity contribution in [2.45, 2.75) is 12.5 Å².